The zero-order chi connectivity index (χ0) is 13.7. The molecule has 2 rings (SSSR count). The van der Waals surface area contributed by atoms with Crippen molar-refractivity contribution in [3.8, 4) is 0 Å². The van der Waals surface area contributed by atoms with Gasteiger partial charge in [-0.3, -0.25) is 16.3 Å². The summed E-state index contributed by atoms with van der Waals surface area (Å²) in [5.74, 6) is 5.40. The molecule has 1 unspecified atom stereocenters. The highest BCUT2D eigenvalue weighted by molar-refractivity contribution is 5.29. The van der Waals surface area contributed by atoms with Gasteiger partial charge < -0.3 is 0 Å². The maximum absolute atomic E-state index is 13.1. The predicted molar refractivity (Wildman–Crippen MR) is 73.8 cm³/mol. The number of nitrogens with zero attached hydrogens (tertiary/aromatic N) is 1. The molecule has 1 atom stereocenters. The van der Waals surface area contributed by atoms with E-state index in [1.54, 1.807) is 18.5 Å². The van der Waals surface area contributed by atoms with Gasteiger partial charge in [-0.25, -0.2) is 4.39 Å². The molecule has 0 aliphatic heterocycles. The van der Waals surface area contributed by atoms with E-state index in [1.807, 2.05) is 19.1 Å². The van der Waals surface area contributed by atoms with Crippen LogP contribution in [0, 0.1) is 12.7 Å². The maximum Gasteiger partial charge on any atom is 0.123 e. The van der Waals surface area contributed by atoms with E-state index in [0.29, 0.717) is 0 Å². The maximum atomic E-state index is 13.1. The Balaban J connectivity index is 2.08. The molecule has 0 aliphatic rings. The van der Waals surface area contributed by atoms with Crippen LogP contribution >= 0.6 is 0 Å². The first-order valence-corrected chi connectivity index (χ1v) is 6.32. The van der Waals surface area contributed by atoms with Gasteiger partial charge in [-0.1, -0.05) is 6.07 Å². The zero-order valence-corrected chi connectivity index (χ0v) is 10.9. The van der Waals surface area contributed by atoms with Crippen LogP contribution in [0.2, 0.25) is 0 Å². The summed E-state index contributed by atoms with van der Waals surface area (Å²) >= 11 is 0. The fourth-order valence-electron chi connectivity index (χ4n) is 2.22. The van der Waals surface area contributed by atoms with Crippen molar-refractivity contribution in [1.29, 1.82) is 0 Å². The van der Waals surface area contributed by atoms with Crippen LogP contribution in [0.25, 0.3) is 0 Å². The van der Waals surface area contributed by atoms with Crippen molar-refractivity contribution in [2.45, 2.75) is 25.8 Å². The van der Waals surface area contributed by atoms with E-state index >= 15 is 0 Å². The number of pyridine rings is 1. The molecule has 0 saturated carbocycles. The Morgan fingerprint density at radius 3 is 2.63 bits per heavy atom. The largest absolute Gasteiger partial charge is 0.271 e. The Kier molecular flexibility index (Phi) is 4.60. The van der Waals surface area contributed by atoms with E-state index in [1.165, 1.54) is 17.7 Å². The number of nitrogens with two attached hydrogens (primary N) is 1. The zero-order valence-electron chi connectivity index (χ0n) is 10.9. The minimum Gasteiger partial charge on any atom is -0.271 e. The molecule has 1 aromatic heterocycles. The van der Waals surface area contributed by atoms with E-state index in [-0.39, 0.29) is 11.9 Å². The fourth-order valence-corrected chi connectivity index (χ4v) is 2.22. The predicted octanol–water partition coefficient (Wildman–Crippen LogP) is 2.67. The average Bonchev–Trinajstić information content (AvgIpc) is 2.42. The number of hydrogen-bond donors (Lipinski definition) is 2. The van der Waals surface area contributed by atoms with Gasteiger partial charge >= 0.3 is 0 Å². The van der Waals surface area contributed by atoms with E-state index in [2.05, 4.69) is 10.4 Å². The number of hydrazine groups is 1. The Morgan fingerprint density at radius 1 is 1.26 bits per heavy atom. The van der Waals surface area contributed by atoms with Crippen LogP contribution in [0.4, 0.5) is 4.39 Å². The minimum absolute atomic E-state index is 0.0220. The number of aromatic nitrogens is 1. The molecular formula is C15H18FN3. The SMILES string of the molecule is Cc1cc(F)ccc1C(CCc1ccncc1)NN. The third-order valence-corrected chi connectivity index (χ3v) is 3.28. The van der Waals surface area contributed by atoms with Crippen molar-refractivity contribution in [2.24, 2.45) is 5.84 Å². The summed E-state index contributed by atoms with van der Waals surface area (Å²) in [6, 6.07) is 8.80. The molecular weight excluding hydrogens is 241 g/mol. The van der Waals surface area contributed by atoms with Crippen molar-refractivity contribution < 1.29 is 4.39 Å². The molecule has 0 amide bonds. The lowest BCUT2D eigenvalue weighted by Crippen LogP contribution is -2.29. The molecule has 0 bridgehead atoms. The van der Waals surface area contributed by atoms with Crippen LogP contribution in [0.3, 0.4) is 0 Å². The third-order valence-electron chi connectivity index (χ3n) is 3.28. The van der Waals surface area contributed by atoms with Crippen molar-refractivity contribution in [1.82, 2.24) is 10.4 Å². The van der Waals surface area contributed by atoms with Gasteiger partial charge in [-0.15, -0.1) is 0 Å². The first-order chi connectivity index (χ1) is 9.20. The molecule has 0 radical (unpaired) electrons. The van der Waals surface area contributed by atoms with Gasteiger partial charge in [-0.05, 0) is 60.7 Å². The lowest BCUT2D eigenvalue weighted by atomic mass is 9.96. The van der Waals surface area contributed by atoms with E-state index in [9.17, 15) is 4.39 Å². The number of hydrogen-bond acceptors (Lipinski definition) is 3. The van der Waals surface area contributed by atoms with Gasteiger partial charge in [0, 0.05) is 18.4 Å². The highest BCUT2D eigenvalue weighted by Crippen LogP contribution is 2.22. The van der Waals surface area contributed by atoms with Crippen LogP contribution in [0.5, 0.6) is 0 Å². The van der Waals surface area contributed by atoms with Crippen LogP contribution in [-0.2, 0) is 6.42 Å². The highest BCUT2D eigenvalue weighted by Gasteiger charge is 2.12. The molecule has 3 nitrogen and oxygen atoms in total. The molecule has 0 fully saturated rings. The molecule has 0 aliphatic carbocycles. The second-order valence-corrected chi connectivity index (χ2v) is 4.61. The fraction of sp³-hybridized carbons (Fsp3) is 0.267. The summed E-state index contributed by atoms with van der Waals surface area (Å²) in [5, 5.41) is 0. The molecule has 1 heterocycles. The van der Waals surface area contributed by atoms with Gasteiger partial charge in [0.15, 0.2) is 0 Å². The summed E-state index contributed by atoms with van der Waals surface area (Å²) in [6.45, 7) is 1.90. The Labute approximate surface area is 112 Å². The molecule has 4 heteroatoms. The van der Waals surface area contributed by atoms with E-state index in [4.69, 9.17) is 5.84 Å². The lowest BCUT2D eigenvalue weighted by molar-refractivity contribution is 0.512. The molecule has 19 heavy (non-hydrogen) atoms. The van der Waals surface area contributed by atoms with Gasteiger partial charge in [0.1, 0.15) is 5.82 Å². The number of rotatable bonds is 5. The van der Waals surface area contributed by atoms with Gasteiger partial charge in [-0.2, -0.15) is 0 Å². The van der Waals surface area contributed by atoms with Crippen molar-refractivity contribution in [3.63, 3.8) is 0 Å². The van der Waals surface area contributed by atoms with Gasteiger partial charge in [0.2, 0.25) is 0 Å². The average molecular weight is 259 g/mol. The van der Waals surface area contributed by atoms with Crippen LogP contribution in [-0.4, -0.2) is 4.98 Å². The first kappa shape index (κ1) is 13.6. The molecule has 100 valence electrons. The van der Waals surface area contributed by atoms with Gasteiger partial charge in [0.25, 0.3) is 0 Å². The summed E-state index contributed by atoms with van der Waals surface area (Å²) in [7, 11) is 0. The first-order valence-electron chi connectivity index (χ1n) is 6.32. The van der Waals surface area contributed by atoms with Crippen LogP contribution in [0.1, 0.15) is 29.2 Å². The number of halogens is 1. The van der Waals surface area contributed by atoms with Crippen molar-refractivity contribution in [2.75, 3.05) is 0 Å². The minimum atomic E-state index is -0.217. The molecule has 0 saturated heterocycles. The Bertz CT molecular complexity index is 528. The second-order valence-electron chi connectivity index (χ2n) is 4.61. The molecule has 2 aromatic rings. The quantitative estimate of drug-likeness (QED) is 0.641. The Morgan fingerprint density at radius 2 is 2.00 bits per heavy atom. The number of benzene rings is 1. The standard InChI is InChI=1S/C15H18FN3/c1-11-10-13(16)3-4-14(11)15(19-17)5-2-12-6-8-18-9-7-12/h3-4,6-10,15,19H,2,5,17H2,1H3. The van der Waals surface area contributed by atoms with Crippen molar-refractivity contribution in [3.05, 3.63) is 65.2 Å². The second kappa shape index (κ2) is 6.41. The number of aryl methyl sites for hydroxylation is 2. The van der Waals surface area contributed by atoms with Gasteiger partial charge in [0.05, 0.1) is 0 Å². The summed E-state index contributed by atoms with van der Waals surface area (Å²) in [4.78, 5) is 3.99. The summed E-state index contributed by atoms with van der Waals surface area (Å²) in [6.07, 6.45) is 5.31. The Hall–Kier alpha value is -1.78. The van der Waals surface area contributed by atoms with Crippen molar-refractivity contribution >= 4 is 0 Å². The molecule has 1 aromatic carbocycles. The molecule has 3 N–H and O–H groups in total. The highest BCUT2D eigenvalue weighted by atomic mass is 19.1. The topological polar surface area (TPSA) is 50.9 Å². The third kappa shape index (κ3) is 3.59. The lowest BCUT2D eigenvalue weighted by Gasteiger charge is -2.18. The summed E-state index contributed by atoms with van der Waals surface area (Å²) in [5.41, 5.74) is 5.98. The van der Waals surface area contributed by atoms with E-state index in [0.717, 1.165) is 24.0 Å². The van der Waals surface area contributed by atoms with Crippen LogP contribution < -0.4 is 11.3 Å². The monoisotopic (exact) mass is 259 g/mol. The number of nitrogens with one attached hydrogen (secondary N) is 1. The smallest absolute Gasteiger partial charge is 0.123 e. The summed E-state index contributed by atoms with van der Waals surface area (Å²) < 4.78 is 13.1. The molecule has 0 spiro atoms. The normalized spacial score (nSPS) is 12.4. The van der Waals surface area contributed by atoms with Crippen LogP contribution in [0.15, 0.2) is 42.7 Å². The van der Waals surface area contributed by atoms with E-state index < -0.39 is 0 Å².